The van der Waals surface area contributed by atoms with E-state index in [9.17, 15) is 9.18 Å². The first-order chi connectivity index (χ1) is 12.2. The van der Waals surface area contributed by atoms with E-state index in [1.165, 1.54) is 6.07 Å². The molecule has 0 aliphatic heterocycles. The topological polar surface area (TPSA) is 64.4 Å². The number of rotatable bonds is 10. The number of benzene rings is 2. The van der Waals surface area contributed by atoms with Crippen LogP contribution in [0.5, 0.6) is 5.75 Å². The average molecular weight is 344 g/mol. The normalized spacial score (nSPS) is 10.5. The number of anilines is 1. The van der Waals surface area contributed by atoms with Gasteiger partial charge in [-0.3, -0.25) is 4.79 Å². The molecule has 0 atom stereocenters. The van der Waals surface area contributed by atoms with Crippen molar-refractivity contribution in [2.24, 2.45) is 5.73 Å². The smallest absolute Gasteiger partial charge is 0.224 e. The fourth-order valence-corrected chi connectivity index (χ4v) is 2.42. The minimum absolute atomic E-state index is 0.00720. The number of hydrogen-bond acceptors (Lipinski definition) is 3. The number of ether oxygens (including phenoxy) is 1. The van der Waals surface area contributed by atoms with Crippen molar-refractivity contribution in [2.75, 3.05) is 11.9 Å². The van der Waals surface area contributed by atoms with E-state index in [0.29, 0.717) is 24.3 Å². The molecule has 4 nitrogen and oxygen atoms in total. The molecular weight excluding hydrogens is 319 g/mol. The number of halogens is 1. The highest BCUT2D eigenvalue weighted by Crippen LogP contribution is 2.18. The molecule has 0 radical (unpaired) electrons. The van der Waals surface area contributed by atoms with Gasteiger partial charge in [0.05, 0.1) is 0 Å². The molecule has 0 saturated heterocycles. The van der Waals surface area contributed by atoms with Gasteiger partial charge in [0.15, 0.2) is 0 Å². The summed E-state index contributed by atoms with van der Waals surface area (Å²) in [4.78, 5) is 11.9. The average Bonchev–Trinajstić information content (AvgIpc) is 2.62. The Bertz CT molecular complexity index is 659. The highest BCUT2D eigenvalue weighted by Gasteiger charge is 2.04. The van der Waals surface area contributed by atoms with Gasteiger partial charge in [-0.2, -0.15) is 0 Å². The van der Waals surface area contributed by atoms with Gasteiger partial charge in [0.1, 0.15) is 18.2 Å². The van der Waals surface area contributed by atoms with E-state index in [1.54, 1.807) is 42.5 Å². The Morgan fingerprint density at radius 2 is 1.72 bits per heavy atom. The molecule has 0 aromatic heterocycles. The molecule has 1 amide bonds. The first-order valence-electron chi connectivity index (χ1n) is 8.65. The summed E-state index contributed by atoms with van der Waals surface area (Å²) in [7, 11) is 0. The molecule has 134 valence electrons. The monoisotopic (exact) mass is 344 g/mol. The van der Waals surface area contributed by atoms with Gasteiger partial charge in [-0.25, -0.2) is 4.39 Å². The fraction of sp³-hybridized carbons (Fsp3) is 0.350. The molecule has 0 spiro atoms. The van der Waals surface area contributed by atoms with Crippen LogP contribution in [0.15, 0.2) is 48.5 Å². The predicted molar refractivity (Wildman–Crippen MR) is 97.9 cm³/mol. The Hall–Kier alpha value is -2.40. The van der Waals surface area contributed by atoms with Crippen molar-refractivity contribution in [1.29, 1.82) is 0 Å². The zero-order valence-corrected chi connectivity index (χ0v) is 14.3. The Labute approximate surface area is 148 Å². The lowest BCUT2D eigenvalue weighted by Crippen LogP contribution is -2.11. The van der Waals surface area contributed by atoms with Crippen LogP contribution in [0.3, 0.4) is 0 Å². The maximum absolute atomic E-state index is 13.5. The van der Waals surface area contributed by atoms with Crippen LogP contribution in [-0.2, 0) is 11.4 Å². The van der Waals surface area contributed by atoms with Gasteiger partial charge in [0, 0.05) is 17.7 Å². The summed E-state index contributed by atoms with van der Waals surface area (Å²) in [6.45, 7) is 0.874. The third-order valence-electron chi connectivity index (χ3n) is 3.85. The van der Waals surface area contributed by atoms with Crippen molar-refractivity contribution in [3.8, 4) is 5.75 Å². The highest BCUT2D eigenvalue weighted by molar-refractivity contribution is 5.90. The summed E-state index contributed by atoms with van der Waals surface area (Å²) < 4.78 is 19.1. The lowest BCUT2D eigenvalue weighted by atomic mass is 10.1. The maximum Gasteiger partial charge on any atom is 0.224 e. The first-order valence-corrected chi connectivity index (χ1v) is 8.65. The Morgan fingerprint density at radius 1 is 1.00 bits per heavy atom. The van der Waals surface area contributed by atoms with Crippen molar-refractivity contribution in [3.05, 3.63) is 59.9 Å². The Balaban J connectivity index is 1.74. The van der Waals surface area contributed by atoms with Gasteiger partial charge < -0.3 is 15.8 Å². The summed E-state index contributed by atoms with van der Waals surface area (Å²) in [5.41, 5.74) is 6.67. The third-order valence-corrected chi connectivity index (χ3v) is 3.85. The first kappa shape index (κ1) is 18.9. The number of hydrogen-bond donors (Lipinski definition) is 2. The predicted octanol–water partition coefficient (Wildman–Crippen LogP) is 4.25. The molecule has 0 fully saturated rings. The molecule has 0 heterocycles. The van der Waals surface area contributed by atoms with Crippen molar-refractivity contribution in [2.45, 2.75) is 38.7 Å². The molecule has 25 heavy (non-hydrogen) atoms. The van der Waals surface area contributed by atoms with E-state index in [1.807, 2.05) is 0 Å². The number of nitrogens with two attached hydrogens (primary N) is 1. The molecule has 0 bridgehead atoms. The second-order valence-corrected chi connectivity index (χ2v) is 5.91. The van der Waals surface area contributed by atoms with E-state index in [2.05, 4.69) is 5.32 Å². The number of unbranched alkanes of at least 4 members (excludes halogenated alkanes) is 3. The van der Waals surface area contributed by atoms with Gasteiger partial charge >= 0.3 is 0 Å². The molecule has 0 unspecified atom stereocenters. The van der Waals surface area contributed by atoms with Crippen LogP contribution in [0.1, 0.15) is 37.7 Å². The third kappa shape index (κ3) is 6.93. The largest absolute Gasteiger partial charge is 0.489 e. The summed E-state index contributed by atoms with van der Waals surface area (Å²) in [5.74, 6) is 0.355. The van der Waals surface area contributed by atoms with Crippen LogP contribution < -0.4 is 15.8 Å². The van der Waals surface area contributed by atoms with Crippen molar-refractivity contribution in [3.63, 3.8) is 0 Å². The quantitative estimate of drug-likeness (QED) is 0.633. The number of nitrogens with one attached hydrogen (secondary N) is 1. The van der Waals surface area contributed by atoms with E-state index >= 15 is 0 Å². The van der Waals surface area contributed by atoms with Gasteiger partial charge in [0.2, 0.25) is 5.91 Å². The molecule has 0 saturated carbocycles. The molecule has 0 aliphatic carbocycles. The summed E-state index contributed by atoms with van der Waals surface area (Å²) in [6, 6.07) is 13.6. The lowest BCUT2D eigenvalue weighted by molar-refractivity contribution is -0.116. The summed E-state index contributed by atoms with van der Waals surface area (Å²) in [6.07, 6.45) is 4.48. The summed E-state index contributed by atoms with van der Waals surface area (Å²) >= 11 is 0. The number of amides is 1. The van der Waals surface area contributed by atoms with Crippen molar-refractivity contribution < 1.29 is 13.9 Å². The van der Waals surface area contributed by atoms with E-state index in [-0.39, 0.29) is 18.3 Å². The highest BCUT2D eigenvalue weighted by atomic mass is 19.1. The Kier molecular flexibility index (Phi) is 7.92. The zero-order chi connectivity index (χ0) is 17.9. The second-order valence-electron chi connectivity index (χ2n) is 5.91. The van der Waals surface area contributed by atoms with Gasteiger partial charge in [-0.15, -0.1) is 0 Å². The maximum atomic E-state index is 13.5. The molecule has 3 N–H and O–H groups in total. The number of carbonyl (C=O) groups excluding carboxylic acids is 1. The van der Waals surface area contributed by atoms with Crippen LogP contribution in [0.25, 0.3) is 0 Å². The standard InChI is InChI=1S/C20H25FN2O2/c21-19-8-5-4-7-16(19)15-25-18-12-10-17(11-13-18)23-20(24)9-3-1-2-6-14-22/h4-5,7-8,10-13H,1-3,6,9,14-15,22H2,(H,23,24). The minimum atomic E-state index is -0.280. The molecular formula is C20H25FN2O2. The van der Waals surface area contributed by atoms with E-state index < -0.39 is 0 Å². The summed E-state index contributed by atoms with van der Waals surface area (Å²) in [5, 5.41) is 2.86. The van der Waals surface area contributed by atoms with Crippen LogP contribution in [0.4, 0.5) is 10.1 Å². The molecule has 2 rings (SSSR count). The Morgan fingerprint density at radius 3 is 2.44 bits per heavy atom. The van der Waals surface area contributed by atoms with Crippen LogP contribution >= 0.6 is 0 Å². The second kappa shape index (κ2) is 10.5. The van der Waals surface area contributed by atoms with Crippen LogP contribution in [-0.4, -0.2) is 12.5 Å². The van der Waals surface area contributed by atoms with Crippen molar-refractivity contribution >= 4 is 11.6 Å². The number of carbonyl (C=O) groups is 1. The van der Waals surface area contributed by atoms with Crippen molar-refractivity contribution in [1.82, 2.24) is 0 Å². The fourth-order valence-electron chi connectivity index (χ4n) is 2.42. The SMILES string of the molecule is NCCCCCCC(=O)Nc1ccc(OCc2ccccc2F)cc1. The van der Waals surface area contributed by atoms with Gasteiger partial charge in [0.25, 0.3) is 0 Å². The molecule has 0 aliphatic rings. The lowest BCUT2D eigenvalue weighted by Gasteiger charge is -2.09. The van der Waals surface area contributed by atoms with Gasteiger partial charge in [-0.1, -0.05) is 31.0 Å². The molecule has 2 aromatic carbocycles. The van der Waals surface area contributed by atoms with Crippen LogP contribution in [0.2, 0.25) is 0 Å². The zero-order valence-electron chi connectivity index (χ0n) is 14.3. The minimum Gasteiger partial charge on any atom is -0.489 e. The van der Waals surface area contributed by atoms with Gasteiger partial charge in [-0.05, 0) is 49.7 Å². The molecule has 2 aromatic rings. The molecule has 5 heteroatoms. The van der Waals surface area contributed by atoms with E-state index in [0.717, 1.165) is 31.4 Å². The van der Waals surface area contributed by atoms with Crippen LogP contribution in [0, 0.1) is 5.82 Å². The van der Waals surface area contributed by atoms with E-state index in [4.69, 9.17) is 10.5 Å².